The molecule has 28 heavy (non-hydrogen) atoms. The topological polar surface area (TPSA) is 50.8 Å². The number of rotatable bonds is 6. The Morgan fingerprint density at radius 2 is 1.61 bits per heavy atom. The van der Waals surface area contributed by atoms with Gasteiger partial charge in [0, 0.05) is 30.4 Å². The minimum atomic E-state index is -0.154. The van der Waals surface area contributed by atoms with Crippen molar-refractivity contribution in [1.82, 2.24) is 5.32 Å². The van der Waals surface area contributed by atoms with Crippen molar-refractivity contribution in [2.45, 2.75) is 32.7 Å². The number of carbonyl (C=O) groups excluding carboxylic acids is 1. The molecule has 2 aromatic carbocycles. The molecule has 1 fully saturated rings. The van der Waals surface area contributed by atoms with Gasteiger partial charge in [0.05, 0.1) is 20.3 Å². The molecular formula is C23H30N2O3. The highest BCUT2D eigenvalue weighted by Gasteiger charge is 2.17. The van der Waals surface area contributed by atoms with Gasteiger partial charge in [0.15, 0.2) is 0 Å². The number of hydrogen-bond acceptors (Lipinski definition) is 4. The average molecular weight is 383 g/mol. The molecule has 0 aliphatic carbocycles. The van der Waals surface area contributed by atoms with Crippen LogP contribution in [-0.4, -0.2) is 33.2 Å². The van der Waals surface area contributed by atoms with Gasteiger partial charge in [-0.1, -0.05) is 19.1 Å². The second-order valence-electron chi connectivity index (χ2n) is 7.56. The van der Waals surface area contributed by atoms with Gasteiger partial charge in [0.1, 0.15) is 11.5 Å². The number of carbonyl (C=O) groups is 1. The molecule has 1 atom stereocenters. The number of ether oxygens (including phenoxy) is 2. The number of methoxy groups -OCH3 is 2. The first kappa shape index (κ1) is 20.1. The number of nitrogens with one attached hydrogen (secondary N) is 1. The minimum absolute atomic E-state index is 0.0971. The first-order valence-electron chi connectivity index (χ1n) is 9.89. The van der Waals surface area contributed by atoms with Gasteiger partial charge in [-0.2, -0.15) is 0 Å². The fraction of sp³-hybridized carbons (Fsp3) is 0.435. The van der Waals surface area contributed by atoms with Crippen molar-refractivity contribution in [3.8, 4) is 11.5 Å². The number of nitrogens with zero attached hydrogens (tertiary/aromatic N) is 1. The molecule has 2 aromatic rings. The Hall–Kier alpha value is -2.69. The molecule has 150 valence electrons. The summed E-state index contributed by atoms with van der Waals surface area (Å²) in [5.74, 6) is 1.86. The Labute approximate surface area is 167 Å². The lowest BCUT2D eigenvalue weighted by Gasteiger charge is -2.32. The number of hydrogen-bond donors (Lipinski definition) is 1. The number of anilines is 1. The second kappa shape index (κ2) is 9.00. The van der Waals surface area contributed by atoms with Crippen molar-refractivity contribution in [2.24, 2.45) is 5.92 Å². The third kappa shape index (κ3) is 4.77. The second-order valence-corrected chi connectivity index (χ2v) is 7.56. The molecule has 1 aliphatic heterocycles. The van der Waals surface area contributed by atoms with Gasteiger partial charge in [-0.15, -0.1) is 0 Å². The van der Waals surface area contributed by atoms with E-state index >= 15 is 0 Å². The van der Waals surface area contributed by atoms with Crippen LogP contribution in [0, 0.1) is 5.92 Å². The average Bonchev–Trinajstić information content (AvgIpc) is 2.73. The molecule has 5 heteroatoms. The van der Waals surface area contributed by atoms with E-state index in [4.69, 9.17) is 9.47 Å². The molecule has 1 N–H and O–H groups in total. The fourth-order valence-electron chi connectivity index (χ4n) is 3.54. The Bertz CT molecular complexity index is 774. The third-order valence-electron chi connectivity index (χ3n) is 5.50. The summed E-state index contributed by atoms with van der Waals surface area (Å²) in [5, 5.41) is 3.06. The molecule has 3 rings (SSSR count). The Morgan fingerprint density at radius 3 is 2.14 bits per heavy atom. The van der Waals surface area contributed by atoms with Gasteiger partial charge in [-0.25, -0.2) is 0 Å². The van der Waals surface area contributed by atoms with Crippen LogP contribution < -0.4 is 19.7 Å². The molecule has 0 saturated carbocycles. The van der Waals surface area contributed by atoms with E-state index in [9.17, 15) is 4.79 Å². The highest BCUT2D eigenvalue weighted by atomic mass is 16.5. The third-order valence-corrected chi connectivity index (χ3v) is 5.50. The zero-order valence-electron chi connectivity index (χ0n) is 17.2. The van der Waals surface area contributed by atoms with Crippen molar-refractivity contribution in [3.63, 3.8) is 0 Å². The van der Waals surface area contributed by atoms with E-state index in [1.807, 2.05) is 6.92 Å². The highest BCUT2D eigenvalue weighted by molar-refractivity contribution is 5.95. The molecule has 1 saturated heterocycles. The highest BCUT2D eigenvalue weighted by Crippen LogP contribution is 2.26. The van der Waals surface area contributed by atoms with Crippen molar-refractivity contribution >= 4 is 11.6 Å². The molecule has 0 aromatic heterocycles. The van der Waals surface area contributed by atoms with Gasteiger partial charge in [-0.3, -0.25) is 4.79 Å². The molecule has 1 unspecified atom stereocenters. The van der Waals surface area contributed by atoms with Crippen molar-refractivity contribution in [2.75, 3.05) is 32.2 Å². The number of benzene rings is 2. The van der Waals surface area contributed by atoms with Gasteiger partial charge < -0.3 is 19.7 Å². The van der Waals surface area contributed by atoms with E-state index < -0.39 is 0 Å². The van der Waals surface area contributed by atoms with Crippen molar-refractivity contribution < 1.29 is 14.3 Å². The van der Waals surface area contributed by atoms with Crippen LogP contribution in [0.5, 0.6) is 11.5 Å². The lowest BCUT2D eigenvalue weighted by molar-refractivity contribution is 0.0939. The standard InChI is InChI=1S/C23H30N2O3/c1-16-9-11-25(12-10-16)20-7-5-18(6-8-20)17(2)24-23(26)19-13-21(27-3)15-22(14-19)28-4/h5-8,13-17H,9-12H2,1-4H3,(H,24,26). The monoisotopic (exact) mass is 382 g/mol. The molecular weight excluding hydrogens is 352 g/mol. The minimum Gasteiger partial charge on any atom is -0.497 e. The van der Waals surface area contributed by atoms with Crippen molar-refractivity contribution in [3.05, 3.63) is 53.6 Å². The van der Waals surface area contributed by atoms with E-state index in [2.05, 4.69) is 41.4 Å². The summed E-state index contributed by atoms with van der Waals surface area (Å²) in [6, 6.07) is 13.6. The van der Waals surface area contributed by atoms with E-state index in [1.54, 1.807) is 32.4 Å². The lowest BCUT2D eigenvalue weighted by Crippen LogP contribution is -2.32. The van der Waals surface area contributed by atoms with Crippen LogP contribution in [0.15, 0.2) is 42.5 Å². The van der Waals surface area contributed by atoms with Gasteiger partial charge >= 0.3 is 0 Å². The predicted molar refractivity (Wildman–Crippen MR) is 112 cm³/mol. The van der Waals surface area contributed by atoms with Gasteiger partial charge in [0.25, 0.3) is 5.91 Å². The van der Waals surface area contributed by atoms with Gasteiger partial charge in [-0.05, 0) is 55.5 Å². The largest absolute Gasteiger partial charge is 0.497 e. The molecule has 1 aliphatic rings. The van der Waals surface area contributed by atoms with Crippen LogP contribution in [0.2, 0.25) is 0 Å². The van der Waals surface area contributed by atoms with Crippen molar-refractivity contribution in [1.29, 1.82) is 0 Å². The fourth-order valence-corrected chi connectivity index (χ4v) is 3.54. The summed E-state index contributed by atoms with van der Waals surface area (Å²) in [4.78, 5) is 15.1. The SMILES string of the molecule is COc1cc(OC)cc(C(=O)NC(C)c2ccc(N3CCC(C)CC3)cc2)c1. The van der Waals surface area contributed by atoms with Crippen LogP contribution in [-0.2, 0) is 0 Å². The van der Waals surface area contributed by atoms with E-state index in [0.717, 1.165) is 24.6 Å². The Kier molecular flexibility index (Phi) is 6.45. The van der Waals surface area contributed by atoms with Crippen LogP contribution in [0.25, 0.3) is 0 Å². The zero-order valence-corrected chi connectivity index (χ0v) is 17.2. The van der Waals surface area contributed by atoms with Crippen LogP contribution in [0.3, 0.4) is 0 Å². The summed E-state index contributed by atoms with van der Waals surface area (Å²) < 4.78 is 10.5. The summed E-state index contributed by atoms with van der Waals surface area (Å²) in [5.41, 5.74) is 2.85. The predicted octanol–water partition coefficient (Wildman–Crippen LogP) is 4.43. The molecule has 5 nitrogen and oxygen atoms in total. The van der Waals surface area contributed by atoms with E-state index in [0.29, 0.717) is 17.1 Å². The molecule has 1 heterocycles. The number of piperidine rings is 1. The Morgan fingerprint density at radius 1 is 1.04 bits per heavy atom. The molecule has 0 spiro atoms. The molecule has 1 amide bonds. The van der Waals surface area contributed by atoms with E-state index in [-0.39, 0.29) is 11.9 Å². The van der Waals surface area contributed by atoms with Crippen LogP contribution >= 0.6 is 0 Å². The van der Waals surface area contributed by atoms with Gasteiger partial charge in [0.2, 0.25) is 0 Å². The maximum absolute atomic E-state index is 12.7. The zero-order chi connectivity index (χ0) is 20.1. The maximum atomic E-state index is 12.7. The normalized spacial score (nSPS) is 15.8. The summed E-state index contributed by atoms with van der Waals surface area (Å²) in [6.45, 7) is 6.55. The smallest absolute Gasteiger partial charge is 0.252 e. The van der Waals surface area contributed by atoms with Crippen LogP contribution in [0.4, 0.5) is 5.69 Å². The first-order valence-corrected chi connectivity index (χ1v) is 9.89. The quantitative estimate of drug-likeness (QED) is 0.803. The summed E-state index contributed by atoms with van der Waals surface area (Å²) >= 11 is 0. The lowest BCUT2D eigenvalue weighted by atomic mass is 9.98. The molecule has 0 bridgehead atoms. The first-order chi connectivity index (χ1) is 13.5. The summed E-state index contributed by atoms with van der Waals surface area (Å²) in [7, 11) is 3.15. The Balaban J connectivity index is 1.66. The van der Waals surface area contributed by atoms with E-state index in [1.165, 1.54) is 18.5 Å². The summed E-state index contributed by atoms with van der Waals surface area (Å²) in [6.07, 6.45) is 2.50. The maximum Gasteiger partial charge on any atom is 0.252 e. The molecule has 0 radical (unpaired) electrons. The van der Waals surface area contributed by atoms with Crippen LogP contribution in [0.1, 0.15) is 48.7 Å². The number of amides is 1.